The van der Waals surface area contributed by atoms with Crippen LogP contribution in [-0.4, -0.2) is 34.2 Å². The molecule has 4 rings (SSSR count). The lowest BCUT2D eigenvalue weighted by molar-refractivity contribution is 0.197. The highest BCUT2D eigenvalue weighted by Crippen LogP contribution is 2.35. The van der Waals surface area contributed by atoms with Crippen LogP contribution in [0.25, 0.3) is 0 Å². The Kier molecular flexibility index (Phi) is 3.75. The van der Waals surface area contributed by atoms with Gasteiger partial charge in [-0.25, -0.2) is 4.79 Å². The number of fused-ring (bicyclic) bond motifs is 1. The van der Waals surface area contributed by atoms with Crippen molar-refractivity contribution in [3.05, 3.63) is 41.5 Å². The monoisotopic (exact) mass is 326 g/mol. The van der Waals surface area contributed by atoms with Gasteiger partial charge in [-0.05, 0) is 30.9 Å². The first-order chi connectivity index (χ1) is 11.6. The molecule has 1 saturated heterocycles. The topological polar surface area (TPSA) is 62.5 Å². The Bertz CT molecular complexity index is 755. The largest absolute Gasteiger partial charge is 0.339 e. The zero-order valence-corrected chi connectivity index (χ0v) is 14.1. The van der Waals surface area contributed by atoms with Gasteiger partial charge in [0.2, 0.25) is 5.89 Å². The molecule has 0 radical (unpaired) electrons. The van der Waals surface area contributed by atoms with Crippen LogP contribution in [0.15, 0.2) is 28.8 Å². The molecule has 0 saturated carbocycles. The molecule has 1 fully saturated rings. The number of aromatic nitrogens is 2. The minimum Gasteiger partial charge on any atom is -0.339 e. The van der Waals surface area contributed by atoms with E-state index in [2.05, 4.69) is 16.2 Å². The summed E-state index contributed by atoms with van der Waals surface area (Å²) >= 11 is 0. The van der Waals surface area contributed by atoms with E-state index in [1.54, 1.807) is 0 Å². The molecule has 6 nitrogen and oxygen atoms in total. The Morgan fingerprint density at radius 1 is 1.29 bits per heavy atom. The second kappa shape index (κ2) is 5.92. The van der Waals surface area contributed by atoms with Crippen molar-refractivity contribution in [3.8, 4) is 0 Å². The van der Waals surface area contributed by atoms with Crippen molar-refractivity contribution in [1.29, 1.82) is 0 Å². The summed E-state index contributed by atoms with van der Waals surface area (Å²) in [6.45, 7) is 5.53. The third kappa shape index (κ3) is 2.46. The Morgan fingerprint density at radius 2 is 2.12 bits per heavy atom. The van der Waals surface area contributed by atoms with Gasteiger partial charge in [-0.2, -0.15) is 4.98 Å². The second-order valence-corrected chi connectivity index (χ2v) is 6.81. The highest BCUT2D eigenvalue weighted by atomic mass is 16.5. The molecule has 0 spiro atoms. The van der Waals surface area contributed by atoms with Crippen LogP contribution < -0.4 is 4.90 Å². The van der Waals surface area contributed by atoms with Gasteiger partial charge in [0, 0.05) is 24.7 Å². The first-order valence-corrected chi connectivity index (χ1v) is 8.64. The average Bonchev–Trinajstić information content (AvgIpc) is 3.31. The van der Waals surface area contributed by atoms with Crippen molar-refractivity contribution < 1.29 is 9.32 Å². The fourth-order valence-electron chi connectivity index (χ4n) is 3.57. The lowest BCUT2D eigenvalue weighted by atomic mass is 10.2. The van der Waals surface area contributed by atoms with E-state index < -0.39 is 0 Å². The maximum Gasteiger partial charge on any atom is 0.325 e. The van der Waals surface area contributed by atoms with Gasteiger partial charge in [0.25, 0.3) is 0 Å². The summed E-state index contributed by atoms with van der Waals surface area (Å²) in [5, 5.41) is 4.12. The molecule has 1 unspecified atom stereocenters. The highest BCUT2D eigenvalue weighted by Gasteiger charge is 2.37. The van der Waals surface area contributed by atoms with Crippen molar-refractivity contribution >= 4 is 11.7 Å². The van der Waals surface area contributed by atoms with Crippen LogP contribution in [0.2, 0.25) is 0 Å². The van der Waals surface area contributed by atoms with Crippen LogP contribution in [0, 0.1) is 0 Å². The van der Waals surface area contributed by atoms with Gasteiger partial charge in [-0.15, -0.1) is 0 Å². The van der Waals surface area contributed by atoms with E-state index in [1.165, 1.54) is 5.56 Å². The summed E-state index contributed by atoms with van der Waals surface area (Å²) < 4.78 is 5.34. The summed E-state index contributed by atoms with van der Waals surface area (Å²) in [4.78, 5) is 21.4. The maximum atomic E-state index is 13.1. The normalized spacial score (nSPS) is 20.0. The molecule has 0 bridgehead atoms. The molecule has 2 aromatic rings. The Balaban J connectivity index is 1.57. The zero-order valence-electron chi connectivity index (χ0n) is 14.1. The van der Waals surface area contributed by atoms with Crippen LogP contribution in [0.1, 0.15) is 55.9 Å². The van der Waals surface area contributed by atoms with Gasteiger partial charge in [0.1, 0.15) is 0 Å². The number of amides is 2. The molecule has 1 aromatic heterocycles. The summed E-state index contributed by atoms with van der Waals surface area (Å²) in [5.41, 5.74) is 2.27. The van der Waals surface area contributed by atoms with Crippen LogP contribution >= 0.6 is 0 Å². The summed E-state index contributed by atoms with van der Waals surface area (Å²) in [7, 11) is 0. The summed E-state index contributed by atoms with van der Waals surface area (Å²) in [5.74, 6) is 1.47. The molecule has 0 aliphatic carbocycles. The molecule has 24 heavy (non-hydrogen) atoms. The molecule has 2 amide bonds. The third-order valence-electron chi connectivity index (χ3n) is 4.87. The van der Waals surface area contributed by atoms with Crippen LogP contribution in [-0.2, 0) is 6.42 Å². The van der Waals surface area contributed by atoms with E-state index in [4.69, 9.17) is 4.52 Å². The Labute approximate surface area is 141 Å². The number of anilines is 1. The smallest absolute Gasteiger partial charge is 0.325 e. The number of urea groups is 1. The van der Waals surface area contributed by atoms with Gasteiger partial charge in [-0.1, -0.05) is 37.2 Å². The van der Waals surface area contributed by atoms with E-state index in [-0.39, 0.29) is 18.0 Å². The third-order valence-corrected chi connectivity index (χ3v) is 4.87. The van der Waals surface area contributed by atoms with Crippen molar-refractivity contribution in [2.75, 3.05) is 18.0 Å². The van der Waals surface area contributed by atoms with E-state index in [1.807, 2.05) is 41.8 Å². The molecule has 2 aliphatic rings. The number of para-hydroxylation sites is 1. The fraction of sp³-hybridized carbons (Fsp3) is 0.500. The molecular formula is C18H22N4O2. The second-order valence-electron chi connectivity index (χ2n) is 6.81. The average molecular weight is 326 g/mol. The molecule has 126 valence electrons. The standard InChI is InChI=1S/C18H22N4O2/c1-12(2)17-19-16(20-24-17)15-8-5-10-21(15)18(23)22-11-9-13-6-3-4-7-14(13)22/h3-4,6-7,12,15H,5,8-11H2,1-2H3. The predicted molar refractivity (Wildman–Crippen MR) is 90.0 cm³/mol. The minimum absolute atomic E-state index is 0.0540. The number of hydrogen-bond acceptors (Lipinski definition) is 4. The van der Waals surface area contributed by atoms with Crippen LogP contribution in [0.3, 0.4) is 0 Å². The molecule has 2 aliphatic heterocycles. The quantitative estimate of drug-likeness (QED) is 0.847. The number of carbonyl (C=O) groups is 1. The minimum atomic E-state index is -0.0819. The summed E-state index contributed by atoms with van der Waals surface area (Å²) in [6, 6.07) is 8.10. The van der Waals surface area contributed by atoms with Crippen LogP contribution in [0.4, 0.5) is 10.5 Å². The van der Waals surface area contributed by atoms with Crippen LogP contribution in [0.5, 0.6) is 0 Å². The van der Waals surface area contributed by atoms with E-state index in [9.17, 15) is 4.79 Å². The Morgan fingerprint density at radius 3 is 2.92 bits per heavy atom. The molecule has 1 aromatic carbocycles. The number of carbonyl (C=O) groups excluding carboxylic acids is 1. The summed E-state index contributed by atoms with van der Waals surface area (Å²) in [6.07, 6.45) is 2.77. The fourth-order valence-corrected chi connectivity index (χ4v) is 3.57. The van der Waals surface area contributed by atoms with E-state index in [0.717, 1.165) is 38.0 Å². The van der Waals surface area contributed by atoms with Crippen molar-refractivity contribution in [1.82, 2.24) is 15.0 Å². The molecule has 1 atom stereocenters. The molecule has 3 heterocycles. The van der Waals surface area contributed by atoms with Gasteiger partial charge in [0.05, 0.1) is 6.04 Å². The van der Waals surface area contributed by atoms with Gasteiger partial charge in [-0.3, -0.25) is 4.90 Å². The first-order valence-electron chi connectivity index (χ1n) is 8.64. The van der Waals surface area contributed by atoms with Crippen molar-refractivity contribution in [3.63, 3.8) is 0 Å². The van der Waals surface area contributed by atoms with Gasteiger partial charge < -0.3 is 9.42 Å². The lowest BCUT2D eigenvalue weighted by Gasteiger charge is -2.28. The lowest BCUT2D eigenvalue weighted by Crippen LogP contribution is -2.42. The SMILES string of the molecule is CC(C)c1nc(C2CCCN2C(=O)N2CCc3ccccc32)no1. The van der Waals surface area contributed by atoms with Crippen molar-refractivity contribution in [2.24, 2.45) is 0 Å². The Hall–Kier alpha value is -2.37. The highest BCUT2D eigenvalue weighted by molar-refractivity contribution is 5.94. The number of likely N-dealkylation sites (tertiary alicyclic amines) is 1. The maximum absolute atomic E-state index is 13.1. The molecular weight excluding hydrogens is 304 g/mol. The number of benzene rings is 1. The number of hydrogen-bond donors (Lipinski definition) is 0. The number of rotatable bonds is 2. The molecule has 6 heteroatoms. The molecule has 0 N–H and O–H groups in total. The van der Waals surface area contributed by atoms with E-state index >= 15 is 0 Å². The predicted octanol–water partition coefficient (Wildman–Crippen LogP) is 3.51. The van der Waals surface area contributed by atoms with Gasteiger partial charge >= 0.3 is 6.03 Å². The zero-order chi connectivity index (χ0) is 16.7. The van der Waals surface area contributed by atoms with E-state index in [0.29, 0.717) is 11.7 Å². The first kappa shape index (κ1) is 15.2. The van der Waals surface area contributed by atoms with Gasteiger partial charge in [0.15, 0.2) is 5.82 Å². The number of nitrogens with zero attached hydrogens (tertiary/aromatic N) is 4. The van der Waals surface area contributed by atoms with Crippen molar-refractivity contribution in [2.45, 2.75) is 45.1 Å².